The molecule has 0 bridgehead atoms. The number of hydrogen-bond donors (Lipinski definition) is 0. The number of pyridine rings is 1. The molecule has 0 saturated carbocycles. The average molecular weight is 272 g/mol. The molecule has 1 saturated heterocycles. The molecule has 1 aromatic heterocycles. The first-order chi connectivity index (χ1) is 9.24. The molecule has 0 aromatic carbocycles. The maximum atomic E-state index is 12.0. The Morgan fingerprint density at radius 2 is 2.32 bits per heavy atom. The average Bonchev–Trinajstić information content (AvgIpc) is 2.83. The zero-order chi connectivity index (χ0) is 13.5. The number of aromatic nitrogens is 1. The first kappa shape index (κ1) is 14.3. The standard InChI is InChI=1S/C13H18F2N2O2/c14-13(15)19-12-4-6-17(9-12)7-8-18-10-11-3-1-2-5-16-11/h1-3,5,12-13H,4,6-10H2. The predicted octanol–water partition coefficient (Wildman–Crippen LogP) is 1.91. The van der Waals surface area contributed by atoms with Gasteiger partial charge < -0.3 is 9.47 Å². The van der Waals surface area contributed by atoms with Crippen molar-refractivity contribution in [2.45, 2.75) is 25.7 Å². The van der Waals surface area contributed by atoms with E-state index >= 15 is 0 Å². The van der Waals surface area contributed by atoms with Crippen LogP contribution in [0.25, 0.3) is 0 Å². The van der Waals surface area contributed by atoms with Crippen molar-refractivity contribution in [3.05, 3.63) is 30.1 Å². The Balaban J connectivity index is 1.57. The van der Waals surface area contributed by atoms with E-state index in [2.05, 4.69) is 14.6 Å². The minimum absolute atomic E-state index is 0.351. The monoisotopic (exact) mass is 272 g/mol. The molecule has 2 rings (SSSR count). The molecule has 4 nitrogen and oxygen atoms in total. The van der Waals surface area contributed by atoms with Crippen LogP contribution < -0.4 is 0 Å². The molecule has 0 N–H and O–H groups in total. The fourth-order valence-electron chi connectivity index (χ4n) is 2.11. The van der Waals surface area contributed by atoms with E-state index in [-0.39, 0.29) is 6.10 Å². The third-order valence-corrected chi connectivity index (χ3v) is 3.05. The number of alkyl halides is 2. The molecule has 2 heterocycles. The zero-order valence-corrected chi connectivity index (χ0v) is 10.7. The van der Waals surface area contributed by atoms with Gasteiger partial charge in [-0.15, -0.1) is 0 Å². The molecule has 1 aliphatic rings. The smallest absolute Gasteiger partial charge is 0.345 e. The Morgan fingerprint density at radius 1 is 1.42 bits per heavy atom. The van der Waals surface area contributed by atoms with Crippen molar-refractivity contribution >= 4 is 0 Å². The molecule has 1 atom stereocenters. The molecule has 6 heteroatoms. The van der Waals surface area contributed by atoms with Gasteiger partial charge >= 0.3 is 6.61 Å². The summed E-state index contributed by atoms with van der Waals surface area (Å²) in [4.78, 5) is 6.23. The summed E-state index contributed by atoms with van der Waals surface area (Å²) in [6.07, 6.45) is 2.03. The van der Waals surface area contributed by atoms with Crippen LogP contribution in [0.15, 0.2) is 24.4 Å². The summed E-state index contributed by atoms with van der Waals surface area (Å²) in [7, 11) is 0. The number of rotatable bonds is 7. The first-order valence-electron chi connectivity index (χ1n) is 6.37. The maximum Gasteiger partial charge on any atom is 0.345 e. The van der Waals surface area contributed by atoms with Gasteiger partial charge in [0.05, 0.1) is 25.0 Å². The fraction of sp³-hybridized carbons (Fsp3) is 0.615. The summed E-state index contributed by atoms with van der Waals surface area (Å²) in [5.74, 6) is 0. The molecule has 1 aliphatic heterocycles. The molecule has 0 radical (unpaired) electrons. The molecule has 1 fully saturated rings. The van der Waals surface area contributed by atoms with E-state index in [1.807, 2.05) is 18.2 Å². The van der Waals surface area contributed by atoms with E-state index in [1.54, 1.807) is 6.20 Å². The number of nitrogens with zero attached hydrogens (tertiary/aromatic N) is 2. The van der Waals surface area contributed by atoms with Crippen molar-refractivity contribution in [3.8, 4) is 0 Å². The van der Waals surface area contributed by atoms with Gasteiger partial charge in [-0.2, -0.15) is 8.78 Å². The molecule has 0 amide bonds. The lowest BCUT2D eigenvalue weighted by atomic mass is 10.3. The van der Waals surface area contributed by atoms with Crippen LogP contribution in [-0.4, -0.2) is 48.8 Å². The van der Waals surface area contributed by atoms with Gasteiger partial charge in [-0.05, 0) is 18.6 Å². The molecule has 1 aromatic rings. The SMILES string of the molecule is FC(F)OC1CCN(CCOCc2ccccn2)C1. The molecule has 106 valence electrons. The van der Waals surface area contributed by atoms with E-state index in [9.17, 15) is 8.78 Å². The lowest BCUT2D eigenvalue weighted by Crippen LogP contribution is -2.27. The van der Waals surface area contributed by atoms with Crippen LogP contribution in [0.1, 0.15) is 12.1 Å². The van der Waals surface area contributed by atoms with Crippen LogP contribution in [0, 0.1) is 0 Å². The van der Waals surface area contributed by atoms with Crippen molar-refractivity contribution in [2.75, 3.05) is 26.2 Å². The molecule has 0 spiro atoms. The van der Waals surface area contributed by atoms with Gasteiger partial charge in [0, 0.05) is 25.8 Å². The van der Waals surface area contributed by atoms with Gasteiger partial charge in [-0.1, -0.05) is 6.07 Å². The van der Waals surface area contributed by atoms with Gasteiger partial charge in [0.15, 0.2) is 0 Å². The van der Waals surface area contributed by atoms with Crippen LogP contribution in [-0.2, 0) is 16.1 Å². The van der Waals surface area contributed by atoms with Gasteiger partial charge in [0.1, 0.15) is 0 Å². The Bertz CT molecular complexity index is 365. The van der Waals surface area contributed by atoms with E-state index in [0.717, 1.165) is 18.8 Å². The predicted molar refractivity (Wildman–Crippen MR) is 65.8 cm³/mol. The maximum absolute atomic E-state index is 12.0. The third-order valence-electron chi connectivity index (χ3n) is 3.05. The van der Waals surface area contributed by atoms with Gasteiger partial charge in [-0.3, -0.25) is 9.88 Å². The van der Waals surface area contributed by atoms with Crippen LogP contribution >= 0.6 is 0 Å². The van der Waals surface area contributed by atoms with Crippen LogP contribution in [0.4, 0.5) is 8.78 Å². The third kappa shape index (κ3) is 5.18. The Labute approximate surface area is 111 Å². The number of ether oxygens (including phenoxy) is 2. The highest BCUT2D eigenvalue weighted by Gasteiger charge is 2.25. The van der Waals surface area contributed by atoms with E-state index < -0.39 is 6.61 Å². The lowest BCUT2D eigenvalue weighted by Gasteiger charge is -2.15. The Morgan fingerprint density at radius 3 is 3.05 bits per heavy atom. The van der Waals surface area contributed by atoms with Crippen molar-refractivity contribution < 1.29 is 18.3 Å². The molecular formula is C13H18F2N2O2. The van der Waals surface area contributed by atoms with Crippen LogP contribution in [0.3, 0.4) is 0 Å². The number of hydrogen-bond acceptors (Lipinski definition) is 4. The first-order valence-corrected chi connectivity index (χ1v) is 6.37. The molecule has 1 unspecified atom stereocenters. The summed E-state index contributed by atoms with van der Waals surface area (Å²) in [6.45, 7) is 0.437. The Kier molecular flexibility index (Phi) is 5.62. The summed E-state index contributed by atoms with van der Waals surface area (Å²) in [5.41, 5.74) is 0.892. The van der Waals surface area contributed by atoms with Crippen LogP contribution in [0.5, 0.6) is 0 Å². The largest absolute Gasteiger partial charge is 0.374 e. The second kappa shape index (κ2) is 7.47. The summed E-state index contributed by atoms with van der Waals surface area (Å²) in [5, 5.41) is 0. The van der Waals surface area contributed by atoms with Gasteiger partial charge in [0.2, 0.25) is 0 Å². The molecular weight excluding hydrogens is 254 g/mol. The highest BCUT2D eigenvalue weighted by Crippen LogP contribution is 2.15. The quantitative estimate of drug-likeness (QED) is 0.710. The fourth-order valence-corrected chi connectivity index (χ4v) is 2.11. The molecule has 19 heavy (non-hydrogen) atoms. The topological polar surface area (TPSA) is 34.6 Å². The minimum atomic E-state index is -2.68. The summed E-state index contributed by atoms with van der Waals surface area (Å²) >= 11 is 0. The number of halogens is 2. The van der Waals surface area contributed by atoms with Crippen molar-refractivity contribution in [1.29, 1.82) is 0 Å². The van der Waals surface area contributed by atoms with E-state index in [1.165, 1.54) is 0 Å². The minimum Gasteiger partial charge on any atom is -0.374 e. The number of likely N-dealkylation sites (tertiary alicyclic amines) is 1. The second-order valence-corrected chi connectivity index (χ2v) is 4.48. The van der Waals surface area contributed by atoms with Crippen molar-refractivity contribution in [2.24, 2.45) is 0 Å². The summed E-state index contributed by atoms with van der Waals surface area (Å²) in [6, 6.07) is 5.68. The van der Waals surface area contributed by atoms with Crippen LogP contribution in [0.2, 0.25) is 0 Å². The van der Waals surface area contributed by atoms with Crippen molar-refractivity contribution in [3.63, 3.8) is 0 Å². The second-order valence-electron chi connectivity index (χ2n) is 4.48. The van der Waals surface area contributed by atoms with Gasteiger partial charge in [-0.25, -0.2) is 0 Å². The summed E-state index contributed by atoms with van der Waals surface area (Å²) < 4.78 is 34.1. The normalized spacial score (nSPS) is 20.3. The van der Waals surface area contributed by atoms with Crippen molar-refractivity contribution in [1.82, 2.24) is 9.88 Å². The Hall–Kier alpha value is -1.11. The van der Waals surface area contributed by atoms with E-state index in [4.69, 9.17) is 4.74 Å². The highest BCUT2D eigenvalue weighted by atomic mass is 19.3. The van der Waals surface area contributed by atoms with E-state index in [0.29, 0.717) is 26.2 Å². The van der Waals surface area contributed by atoms with Gasteiger partial charge in [0.25, 0.3) is 0 Å². The molecule has 0 aliphatic carbocycles. The lowest BCUT2D eigenvalue weighted by molar-refractivity contribution is -0.158. The highest BCUT2D eigenvalue weighted by molar-refractivity contribution is 5.01. The zero-order valence-electron chi connectivity index (χ0n) is 10.7.